The summed E-state index contributed by atoms with van der Waals surface area (Å²) in [6.45, 7) is 0. The Hall–Kier alpha value is -1.78. The zero-order valence-corrected chi connectivity index (χ0v) is 10.4. The number of carbonyl (C=O) groups is 1. The predicted molar refractivity (Wildman–Crippen MR) is 65.1 cm³/mol. The minimum absolute atomic E-state index is 0.152. The smallest absolute Gasteiger partial charge is 0.328 e. The molecule has 0 aliphatic heterocycles. The predicted octanol–water partition coefficient (Wildman–Crippen LogP) is 2.20. The molecule has 1 aliphatic rings. The van der Waals surface area contributed by atoms with Crippen LogP contribution in [0.1, 0.15) is 12.8 Å². The van der Waals surface area contributed by atoms with Gasteiger partial charge in [-0.05, 0) is 30.9 Å². The second-order valence-corrected chi connectivity index (χ2v) is 4.33. The summed E-state index contributed by atoms with van der Waals surface area (Å²) >= 11 is 0. The molecule has 0 amide bonds. The van der Waals surface area contributed by atoms with Crippen LogP contribution in [0.3, 0.4) is 0 Å². The first-order valence-corrected chi connectivity index (χ1v) is 5.83. The molecule has 1 atom stereocenters. The lowest BCUT2D eigenvalue weighted by atomic mass is 10.1. The molecular formula is C13H16FNO3. The van der Waals surface area contributed by atoms with Crippen LogP contribution in [0.15, 0.2) is 18.2 Å². The molecule has 1 fully saturated rings. The second kappa shape index (κ2) is 5.25. The molecule has 0 bridgehead atoms. The van der Waals surface area contributed by atoms with Crippen LogP contribution in [0.4, 0.5) is 10.1 Å². The van der Waals surface area contributed by atoms with Gasteiger partial charge in [0.15, 0.2) is 11.6 Å². The first kappa shape index (κ1) is 12.7. The molecular weight excluding hydrogens is 237 g/mol. The summed E-state index contributed by atoms with van der Waals surface area (Å²) in [6, 6.07) is 4.05. The van der Waals surface area contributed by atoms with Gasteiger partial charge in [-0.25, -0.2) is 9.18 Å². The van der Waals surface area contributed by atoms with E-state index in [0.29, 0.717) is 11.6 Å². The van der Waals surface area contributed by atoms with Gasteiger partial charge >= 0.3 is 5.97 Å². The van der Waals surface area contributed by atoms with Crippen LogP contribution < -0.4 is 10.1 Å². The SMILES string of the molecule is COC(=O)C(Nc1ccc(F)c(OC)c1)C1CC1. The van der Waals surface area contributed by atoms with Crippen LogP contribution in [-0.2, 0) is 9.53 Å². The van der Waals surface area contributed by atoms with Crippen LogP contribution in [0.2, 0.25) is 0 Å². The molecule has 1 N–H and O–H groups in total. The Morgan fingerprint density at radius 2 is 2.17 bits per heavy atom. The van der Waals surface area contributed by atoms with Gasteiger partial charge in [-0.15, -0.1) is 0 Å². The second-order valence-electron chi connectivity index (χ2n) is 4.33. The highest BCUT2D eigenvalue weighted by atomic mass is 19.1. The van der Waals surface area contributed by atoms with Crippen LogP contribution >= 0.6 is 0 Å². The van der Waals surface area contributed by atoms with E-state index in [1.807, 2.05) is 0 Å². The Morgan fingerprint density at radius 1 is 1.44 bits per heavy atom. The summed E-state index contributed by atoms with van der Waals surface area (Å²) in [4.78, 5) is 11.6. The monoisotopic (exact) mass is 253 g/mol. The van der Waals surface area contributed by atoms with Gasteiger partial charge in [0.1, 0.15) is 6.04 Å². The summed E-state index contributed by atoms with van der Waals surface area (Å²) < 4.78 is 22.9. The minimum Gasteiger partial charge on any atom is -0.494 e. The van der Waals surface area contributed by atoms with E-state index in [1.165, 1.54) is 26.4 Å². The standard InChI is InChI=1S/C13H16FNO3/c1-17-11-7-9(5-6-10(11)14)15-12(8-3-4-8)13(16)18-2/h5-8,12,15H,3-4H2,1-2H3. The number of rotatable bonds is 5. The summed E-state index contributed by atoms with van der Waals surface area (Å²) in [5, 5.41) is 3.07. The number of anilines is 1. The third kappa shape index (κ3) is 2.72. The van der Waals surface area contributed by atoms with E-state index in [9.17, 15) is 9.18 Å². The molecule has 1 saturated carbocycles. The molecule has 0 radical (unpaired) electrons. The van der Waals surface area contributed by atoms with Gasteiger partial charge < -0.3 is 14.8 Å². The fraction of sp³-hybridized carbons (Fsp3) is 0.462. The van der Waals surface area contributed by atoms with E-state index in [4.69, 9.17) is 9.47 Å². The van der Waals surface area contributed by atoms with Crippen molar-refractivity contribution in [3.8, 4) is 5.75 Å². The molecule has 0 spiro atoms. The summed E-state index contributed by atoms with van der Waals surface area (Å²) in [7, 11) is 2.77. The van der Waals surface area contributed by atoms with Crippen LogP contribution in [0.5, 0.6) is 5.75 Å². The molecule has 1 aliphatic carbocycles. The quantitative estimate of drug-likeness (QED) is 0.817. The summed E-state index contributed by atoms with van der Waals surface area (Å²) in [5.41, 5.74) is 0.649. The largest absolute Gasteiger partial charge is 0.494 e. The van der Waals surface area contributed by atoms with Crippen molar-refractivity contribution in [3.63, 3.8) is 0 Å². The molecule has 0 aromatic heterocycles. The van der Waals surface area contributed by atoms with Crippen molar-refractivity contribution < 1.29 is 18.7 Å². The van der Waals surface area contributed by atoms with E-state index in [2.05, 4.69) is 5.32 Å². The van der Waals surface area contributed by atoms with Gasteiger partial charge in [-0.3, -0.25) is 0 Å². The number of hydrogen-bond donors (Lipinski definition) is 1. The molecule has 0 saturated heterocycles. The number of benzene rings is 1. The van der Waals surface area contributed by atoms with Gasteiger partial charge in [-0.1, -0.05) is 0 Å². The topological polar surface area (TPSA) is 47.6 Å². The van der Waals surface area contributed by atoms with Gasteiger partial charge in [-0.2, -0.15) is 0 Å². The summed E-state index contributed by atoms with van der Waals surface area (Å²) in [6.07, 6.45) is 2.01. The fourth-order valence-electron chi connectivity index (χ4n) is 1.85. The Balaban J connectivity index is 2.13. The molecule has 4 nitrogen and oxygen atoms in total. The highest BCUT2D eigenvalue weighted by molar-refractivity contribution is 5.80. The molecule has 18 heavy (non-hydrogen) atoms. The summed E-state index contributed by atoms with van der Waals surface area (Å²) in [5.74, 6) is -0.266. The average molecular weight is 253 g/mol. The molecule has 1 aromatic carbocycles. The van der Waals surface area contributed by atoms with Crippen molar-refractivity contribution in [1.82, 2.24) is 0 Å². The third-order valence-corrected chi connectivity index (χ3v) is 3.02. The van der Waals surface area contributed by atoms with Gasteiger partial charge in [0.25, 0.3) is 0 Å². The maximum Gasteiger partial charge on any atom is 0.328 e. The minimum atomic E-state index is -0.427. The van der Waals surface area contributed by atoms with Crippen LogP contribution in [0.25, 0.3) is 0 Å². The van der Waals surface area contributed by atoms with E-state index in [-0.39, 0.29) is 17.8 Å². The van der Waals surface area contributed by atoms with Gasteiger partial charge in [0.05, 0.1) is 14.2 Å². The van der Waals surface area contributed by atoms with Gasteiger partial charge in [0.2, 0.25) is 0 Å². The highest BCUT2D eigenvalue weighted by Crippen LogP contribution is 2.35. The lowest BCUT2D eigenvalue weighted by Gasteiger charge is -2.17. The Bertz CT molecular complexity index is 446. The number of nitrogens with one attached hydrogen (secondary N) is 1. The van der Waals surface area contributed by atoms with Crippen molar-refractivity contribution in [1.29, 1.82) is 0 Å². The van der Waals surface area contributed by atoms with Crippen LogP contribution in [0, 0.1) is 11.7 Å². The van der Waals surface area contributed by atoms with E-state index < -0.39 is 5.82 Å². The number of carbonyl (C=O) groups excluding carboxylic acids is 1. The highest BCUT2D eigenvalue weighted by Gasteiger charge is 2.37. The molecule has 98 valence electrons. The number of ether oxygens (including phenoxy) is 2. The van der Waals surface area contributed by atoms with Crippen molar-refractivity contribution in [2.24, 2.45) is 5.92 Å². The molecule has 0 heterocycles. The fourth-order valence-corrected chi connectivity index (χ4v) is 1.85. The third-order valence-electron chi connectivity index (χ3n) is 3.02. The Labute approximate surface area is 105 Å². The van der Waals surface area contributed by atoms with Crippen LogP contribution in [-0.4, -0.2) is 26.2 Å². The normalized spacial score (nSPS) is 15.9. The zero-order valence-electron chi connectivity index (χ0n) is 10.4. The van der Waals surface area contributed by atoms with Crippen molar-refractivity contribution >= 4 is 11.7 Å². The Kier molecular flexibility index (Phi) is 3.69. The van der Waals surface area contributed by atoms with Gasteiger partial charge in [0, 0.05) is 11.8 Å². The number of esters is 1. The lowest BCUT2D eigenvalue weighted by molar-refractivity contribution is -0.142. The molecule has 5 heteroatoms. The van der Waals surface area contributed by atoms with E-state index in [0.717, 1.165) is 12.8 Å². The number of halogens is 1. The zero-order chi connectivity index (χ0) is 13.1. The average Bonchev–Trinajstić information content (AvgIpc) is 3.21. The van der Waals surface area contributed by atoms with Crippen molar-refractivity contribution in [3.05, 3.63) is 24.0 Å². The van der Waals surface area contributed by atoms with E-state index >= 15 is 0 Å². The number of methoxy groups -OCH3 is 2. The van der Waals surface area contributed by atoms with Crippen molar-refractivity contribution in [2.45, 2.75) is 18.9 Å². The molecule has 2 rings (SSSR count). The maximum atomic E-state index is 13.3. The molecule has 1 unspecified atom stereocenters. The molecule has 1 aromatic rings. The first-order valence-electron chi connectivity index (χ1n) is 5.83. The number of hydrogen-bond acceptors (Lipinski definition) is 4. The first-order chi connectivity index (χ1) is 8.65. The Morgan fingerprint density at radius 3 is 2.72 bits per heavy atom. The lowest BCUT2D eigenvalue weighted by Crippen LogP contribution is -2.32. The van der Waals surface area contributed by atoms with E-state index in [1.54, 1.807) is 6.07 Å². The maximum absolute atomic E-state index is 13.3. The van der Waals surface area contributed by atoms with Crippen molar-refractivity contribution in [2.75, 3.05) is 19.5 Å².